The first-order valence-electron chi connectivity index (χ1n) is 9.48. The second kappa shape index (κ2) is 8.56. The van der Waals surface area contributed by atoms with Crippen molar-refractivity contribution in [1.29, 1.82) is 0 Å². The van der Waals surface area contributed by atoms with Crippen molar-refractivity contribution >= 4 is 79.6 Å². The van der Waals surface area contributed by atoms with Gasteiger partial charge in [-0.05, 0) is 67.3 Å². The molecule has 0 unspecified atom stereocenters. The van der Waals surface area contributed by atoms with E-state index < -0.39 is 0 Å². The number of thiophene rings is 1. The third-order valence-electron chi connectivity index (χ3n) is 4.98. The molecule has 0 radical (unpaired) electrons. The molecule has 152 valence electrons. The molecule has 1 aliphatic carbocycles. The predicted octanol–water partition coefficient (Wildman–Crippen LogP) is 8.18. The summed E-state index contributed by atoms with van der Waals surface area (Å²) in [4.78, 5) is 13.4. The van der Waals surface area contributed by atoms with Crippen LogP contribution in [0.25, 0.3) is 10.2 Å². The molecule has 8 heteroatoms. The highest BCUT2D eigenvalue weighted by Crippen LogP contribution is 2.41. The van der Waals surface area contributed by atoms with Crippen molar-refractivity contribution in [3.63, 3.8) is 0 Å². The summed E-state index contributed by atoms with van der Waals surface area (Å²) in [5.41, 5.74) is 2.16. The van der Waals surface area contributed by atoms with Gasteiger partial charge in [0.1, 0.15) is 16.5 Å². The zero-order valence-electron chi connectivity index (χ0n) is 15.7. The minimum absolute atomic E-state index is 0.568. The summed E-state index contributed by atoms with van der Waals surface area (Å²) in [6.45, 7) is 0. The van der Waals surface area contributed by atoms with Crippen LogP contribution >= 0.6 is 57.9 Å². The van der Waals surface area contributed by atoms with Gasteiger partial charge in [0.05, 0.1) is 21.8 Å². The maximum absolute atomic E-state index is 6.41. The van der Waals surface area contributed by atoms with Crippen LogP contribution < -0.4 is 5.32 Å². The van der Waals surface area contributed by atoms with Gasteiger partial charge in [0, 0.05) is 19.8 Å². The van der Waals surface area contributed by atoms with E-state index in [1.54, 1.807) is 29.2 Å². The Bertz CT molecular complexity index is 1240. The largest absolute Gasteiger partial charge is 0.338 e. The lowest BCUT2D eigenvalue weighted by molar-refractivity contribution is 0.917. The van der Waals surface area contributed by atoms with E-state index in [2.05, 4.69) is 5.32 Å². The summed E-state index contributed by atoms with van der Waals surface area (Å²) < 4.78 is 0. The molecule has 0 saturated carbocycles. The van der Waals surface area contributed by atoms with Crippen LogP contribution in [0.15, 0.2) is 47.4 Å². The summed E-state index contributed by atoms with van der Waals surface area (Å²) in [7, 11) is 0. The Morgan fingerprint density at radius 2 is 1.77 bits per heavy atom. The molecule has 3 nitrogen and oxygen atoms in total. The molecule has 0 saturated heterocycles. The molecular weight excluding hydrogens is 477 g/mol. The Morgan fingerprint density at radius 1 is 0.967 bits per heavy atom. The molecule has 2 aromatic carbocycles. The van der Waals surface area contributed by atoms with Crippen molar-refractivity contribution in [2.45, 2.75) is 29.9 Å². The molecule has 0 spiro atoms. The van der Waals surface area contributed by atoms with Crippen molar-refractivity contribution < 1.29 is 0 Å². The van der Waals surface area contributed by atoms with Crippen LogP contribution in [-0.2, 0) is 18.6 Å². The minimum atomic E-state index is 0.568. The first kappa shape index (κ1) is 20.4. The van der Waals surface area contributed by atoms with Crippen molar-refractivity contribution in [1.82, 2.24) is 9.97 Å². The van der Waals surface area contributed by atoms with Gasteiger partial charge in [-0.3, -0.25) is 0 Å². The number of anilines is 2. The van der Waals surface area contributed by atoms with Gasteiger partial charge in [-0.25, -0.2) is 9.97 Å². The average molecular weight is 493 g/mol. The summed E-state index contributed by atoms with van der Waals surface area (Å²) in [5.74, 6) is 2.27. The molecule has 0 amide bonds. The van der Waals surface area contributed by atoms with Crippen LogP contribution in [0.3, 0.4) is 0 Å². The van der Waals surface area contributed by atoms with Crippen LogP contribution in [0.5, 0.6) is 0 Å². The maximum atomic E-state index is 6.41. The molecule has 0 atom stereocenters. The Labute approximate surface area is 197 Å². The molecule has 0 bridgehead atoms. The van der Waals surface area contributed by atoms with Gasteiger partial charge >= 0.3 is 0 Å². The number of aryl methyl sites for hydroxylation is 2. The Hall–Kier alpha value is -1.50. The summed E-state index contributed by atoms with van der Waals surface area (Å²) >= 11 is 21.9. The minimum Gasteiger partial charge on any atom is -0.338 e. The number of nitrogens with zero attached hydrogens (tertiary/aromatic N) is 2. The smallest absolute Gasteiger partial charge is 0.143 e. The predicted molar refractivity (Wildman–Crippen MR) is 130 cm³/mol. The molecule has 1 aliphatic rings. The van der Waals surface area contributed by atoms with Crippen LogP contribution in [-0.4, -0.2) is 9.97 Å². The number of hydrogen-bond donors (Lipinski definition) is 1. The third-order valence-corrected chi connectivity index (χ3v) is 7.97. The normalized spacial score (nSPS) is 13.0. The number of nitrogens with one attached hydrogen (secondary N) is 1. The second-order valence-electron chi connectivity index (χ2n) is 7.02. The molecule has 2 aromatic heterocycles. The lowest BCUT2D eigenvalue weighted by Gasteiger charge is -2.12. The van der Waals surface area contributed by atoms with E-state index >= 15 is 0 Å². The fourth-order valence-electron chi connectivity index (χ4n) is 3.59. The van der Waals surface area contributed by atoms with Gasteiger partial charge in [-0.15, -0.1) is 23.1 Å². The van der Waals surface area contributed by atoms with E-state index in [9.17, 15) is 0 Å². The number of hydrogen-bond acceptors (Lipinski definition) is 5. The summed E-state index contributed by atoms with van der Waals surface area (Å²) in [5, 5.41) is 6.47. The molecule has 0 aliphatic heterocycles. The molecule has 2 heterocycles. The zero-order chi connectivity index (χ0) is 20.7. The lowest BCUT2D eigenvalue weighted by Crippen LogP contribution is -2.01. The van der Waals surface area contributed by atoms with Crippen LogP contribution in [0.1, 0.15) is 22.7 Å². The van der Waals surface area contributed by atoms with E-state index in [-0.39, 0.29) is 0 Å². The Balaban J connectivity index is 1.52. The van der Waals surface area contributed by atoms with Crippen LogP contribution in [0.2, 0.25) is 15.1 Å². The number of rotatable bonds is 5. The van der Waals surface area contributed by atoms with Gasteiger partial charge in [0.2, 0.25) is 0 Å². The van der Waals surface area contributed by atoms with Gasteiger partial charge in [0.15, 0.2) is 0 Å². The van der Waals surface area contributed by atoms with Gasteiger partial charge in [-0.2, -0.15) is 0 Å². The van der Waals surface area contributed by atoms with E-state index in [0.717, 1.165) is 50.3 Å². The number of benzene rings is 2. The summed E-state index contributed by atoms with van der Waals surface area (Å²) in [6.07, 6.45) is 3.37. The SMILES string of the molecule is Clc1ccc(SCc2nc(Nc3ccc(Cl)cc3Cl)c3c4c(sc3n2)CCC4)cc1. The molecule has 0 fully saturated rings. The van der Waals surface area contributed by atoms with E-state index in [4.69, 9.17) is 44.8 Å². The standard InChI is InChI=1S/C22H16Cl3N3S2/c23-12-4-7-14(8-5-12)29-11-19-27-21(26-17-9-6-13(24)10-16(17)25)20-15-2-1-3-18(15)30-22(20)28-19/h4-10H,1-3,11H2,(H,26,27,28). The number of aromatic nitrogens is 2. The van der Waals surface area contributed by atoms with Crippen molar-refractivity contribution in [2.75, 3.05) is 5.32 Å². The zero-order valence-corrected chi connectivity index (χ0v) is 19.6. The number of thioether (sulfide) groups is 1. The van der Waals surface area contributed by atoms with Crippen LogP contribution in [0, 0.1) is 0 Å². The van der Waals surface area contributed by atoms with Crippen molar-refractivity contribution in [3.8, 4) is 0 Å². The van der Waals surface area contributed by atoms with Gasteiger partial charge in [-0.1, -0.05) is 34.8 Å². The van der Waals surface area contributed by atoms with Crippen molar-refractivity contribution in [2.24, 2.45) is 0 Å². The monoisotopic (exact) mass is 491 g/mol. The molecule has 4 aromatic rings. The second-order valence-corrected chi connectivity index (χ2v) is 10.4. The molecule has 30 heavy (non-hydrogen) atoms. The van der Waals surface area contributed by atoms with Gasteiger partial charge in [0.25, 0.3) is 0 Å². The topological polar surface area (TPSA) is 37.8 Å². The van der Waals surface area contributed by atoms with E-state index in [0.29, 0.717) is 15.8 Å². The van der Waals surface area contributed by atoms with Crippen molar-refractivity contribution in [3.05, 3.63) is 73.8 Å². The Kier molecular flexibility index (Phi) is 5.82. The third kappa shape index (κ3) is 4.14. The first-order chi connectivity index (χ1) is 14.6. The average Bonchev–Trinajstić information content (AvgIpc) is 3.30. The van der Waals surface area contributed by atoms with E-state index in [1.165, 1.54) is 16.9 Å². The maximum Gasteiger partial charge on any atom is 0.143 e. The molecule has 5 rings (SSSR count). The van der Waals surface area contributed by atoms with E-state index in [1.807, 2.05) is 36.4 Å². The highest BCUT2D eigenvalue weighted by Gasteiger charge is 2.23. The fraction of sp³-hybridized carbons (Fsp3) is 0.182. The van der Waals surface area contributed by atoms with Gasteiger partial charge < -0.3 is 5.32 Å². The molecule has 1 N–H and O–H groups in total. The highest BCUT2D eigenvalue weighted by atomic mass is 35.5. The highest BCUT2D eigenvalue weighted by molar-refractivity contribution is 7.98. The first-order valence-corrected chi connectivity index (χ1v) is 12.4. The number of fused-ring (bicyclic) bond motifs is 3. The lowest BCUT2D eigenvalue weighted by atomic mass is 10.2. The Morgan fingerprint density at radius 3 is 2.57 bits per heavy atom. The quantitative estimate of drug-likeness (QED) is 0.285. The molecular formula is C22H16Cl3N3S2. The number of halogens is 3. The summed E-state index contributed by atoms with van der Waals surface area (Å²) in [6, 6.07) is 13.3. The van der Waals surface area contributed by atoms with Crippen LogP contribution in [0.4, 0.5) is 11.5 Å². The fourth-order valence-corrected chi connectivity index (χ4v) is 6.21.